The molecule has 2 N–H and O–H groups in total. The number of nitrogens with one attached hydrogen (secondary N) is 2. The van der Waals surface area contributed by atoms with Gasteiger partial charge in [0.25, 0.3) is 0 Å². The van der Waals surface area contributed by atoms with Crippen molar-refractivity contribution >= 4 is 67.8 Å². The average molecular weight is 740 g/mol. The number of amidine groups is 2. The molecular weight excluding hydrogens is 707 g/mol. The zero-order valence-corrected chi connectivity index (χ0v) is 30.9. The summed E-state index contributed by atoms with van der Waals surface area (Å²) < 4.78 is 9.95. The number of nitrogens with zero attached hydrogens (tertiary/aromatic N) is 5. The predicted molar refractivity (Wildman–Crippen MR) is 233 cm³/mol. The number of aliphatic imine (C=N–C) groups is 1. The second-order valence-electron chi connectivity index (χ2n) is 13.4. The molecule has 0 spiro atoms. The van der Waals surface area contributed by atoms with E-state index >= 15 is 0 Å². The van der Waals surface area contributed by atoms with Gasteiger partial charge in [-0.1, -0.05) is 133 Å². The van der Waals surface area contributed by atoms with Crippen molar-refractivity contribution in [3.05, 3.63) is 199 Å². The topological polar surface area (TPSA) is 83.2 Å². The van der Waals surface area contributed by atoms with Crippen LogP contribution < -0.4 is 4.72 Å². The van der Waals surface area contributed by atoms with E-state index in [0.29, 0.717) is 0 Å². The summed E-state index contributed by atoms with van der Waals surface area (Å²) in [5.41, 5.74) is 12.8. The number of fused-ring (bicyclic) bond motifs is 6. The summed E-state index contributed by atoms with van der Waals surface area (Å²) in [6, 6.07) is 62.4. The third-order valence-electron chi connectivity index (χ3n) is 9.94. The molecule has 1 aliphatic rings. The van der Waals surface area contributed by atoms with Gasteiger partial charge in [0.2, 0.25) is 0 Å². The van der Waals surface area contributed by atoms with E-state index in [1.165, 1.54) is 28.6 Å². The molecule has 0 aliphatic carbocycles. The van der Waals surface area contributed by atoms with Gasteiger partial charge >= 0.3 is 0 Å². The number of aromatic nitrogens is 4. The summed E-state index contributed by atoms with van der Waals surface area (Å²) in [4.78, 5) is 17.9. The van der Waals surface area contributed by atoms with Gasteiger partial charge in [-0.2, -0.15) is 4.40 Å². The van der Waals surface area contributed by atoms with Gasteiger partial charge in [0.15, 0.2) is 5.84 Å². The Hall–Kier alpha value is -7.29. The first-order chi connectivity index (χ1) is 27.8. The first-order valence-corrected chi connectivity index (χ1v) is 19.2. The van der Waals surface area contributed by atoms with Crippen LogP contribution in [0.15, 0.2) is 198 Å². The fourth-order valence-corrected chi connectivity index (χ4v) is 7.81. The lowest BCUT2D eigenvalue weighted by Gasteiger charge is -2.15. The molecule has 266 valence electrons. The summed E-state index contributed by atoms with van der Waals surface area (Å²) >= 11 is 1.31. The van der Waals surface area contributed by atoms with Crippen LogP contribution in [-0.2, 0) is 0 Å². The van der Waals surface area contributed by atoms with Crippen LogP contribution in [0.25, 0.3) is 71.9 Å². The van der Waals surface area contributed by atoms with Crippen LogP contribution in [0, 0.1) is 0 Å². The lowest BCUT2D eigenvalue weighted by molar-refractivity contribution is 1.14. The van der Waals surface area contributed by atoms with Crippen LogP contribution >= 0.6 is 12.1 Å². The van der Waals surface area contributed by atoms with Crippen molar-refractivity contribution < 1.29 is 0 Å². The van der Waals surface area contributed by atoms with Gasteiger partial charge in [-0.25, -0.2) is 9.98 Å². The van der Waals surface area contributed by atoms with E-state index in [-0.39, 0.29) is 0 Å². The van der Waals surface area contributed by atoms with Crippen LogP contribution in [0.5, 0.6) is 0 Å². The number of pyridine rings is 2. The molecule has 0 unspecified atom stereocenters. The van der Waals surface area contributed by atoms with Crippen LogP contribution in [0.3, 0.4) is 0 Å². The van der Waals surface area contributed by atoms with E-state index in [1.807, 2.05) is 48.7 Å². The lowest BCUT2D eigenvalue weighted by Crippen LogP contribution is -2.22. The third-order valence-corrected chi connectivity index (χ3v) is 10.5. The van der Waals surface area contributed by atoms with Gasteiger partial charge < -0.3 is 4.98 Å². The fraction of sp³-hybridized carbons (Fsp3) is 0. The Kier molecular flexibility index (Phi) is 8.62. The molecule has 5 heterocycles. The Bertz CT molecular complexity index is 3080. The first-order valence-electron chi connectivity index (χ1n) is 18.4. The summed E-state index contributed by atoms with van der Waals surface area (Å²) in [5, 5.41) is 3.39. The van der Waals surface area contributed by atoms with Crippen molar-refractivity contribution in [1.29, 1.82) is 0 Å². The Morgan fingerprint density at radius 1 is 0.500 bits per heavy atom. The molecular formula is C48H33N7S. The van der Waals surface area contributed by atoms with Gasteiger partial charge in [-0.3, -0.25) is 14.3 Å². The largest absolute Gasteiger partial charge is 0.339 e. The highest BCUT2D eigenvalue weighted by molar-refractivity contribution is 7.96. The highest BCUT2D eigenvalue weighted by atomic mass is 32.2. The molecule has 0 atom stereocenters. The number of hydrogen-bond acceptors (Lipinski definition) is 6. The summed E-state index contributed by atoms with van der Waals surface area (Å²) in [6.07, 6.45) is 1.84. The molecule has 7 nitrogen and oxygen atoms in total. The molecule has 6 aromatic carbocycles. The highest BCUT2D eigenvalue weighted by Crippen LogP contribution is 2.34. The molecule has 0 saturated heterocycles. The number of rotatable bonds is 5. The normalized spacial score (nSPS) is 12.6. The number of hydrogen-bond donors (Lipinski definition) is 2. The van der Waals surface area contributed by atoms with E-state index in [0.717, 1.165) is 78.2 Å². The number of aromatic amines is 1. The highest BCUT2D eigenvalue weighted by Gasteiger charge is 2.17. The van der Waals surface area contributed by atoms with Gasteiger partial charge in [-0.05, 0) is 70.8 Å². The Morgan fingerprint density at radius 2 is 1.12 bits per heavy atom. The van der Waals surface area contributed by atoms with Gasteiger partial charge in [0.05, 0.1) is 23.2 Å². The Balaban J connectivity index is 0.000000138. The average Bonchev–Trinajstić information content (AvgIpc) is 3.81. The minimum absolute atomic E-state index is 0.719. The van der Waals surface area contributed by atoms with E-state index in [4.69, 9.17) is 9.98 Å². The second-order valence-corrected chi connectivity index (χ2v) is 14.0. The molecule has 4 aromatic heterocycles. The second kappa shape index (κ2) is 14.5. The molecule has 0 saturated carbocycles. The zero-order chi connectivity index (χ0) is 37.3. The smallest absolute Gasteiger partial charge is 0.171 e. The molecule has 0 amide bonds. The van der Waals surface area contributed by atoms with Crippen LogP contribution in [0.1, 0.15) is 11.1 Å². The minimum Gasteiger partial charge on any atom is -0.339 e. The Morgan fingerprint density at radius 3 is 1.88 bits per heavy atom. The van der Waals surface area contributed by atoms with Gasteiger partial charge in [0.1, 0.15) is 17.1 Å². The van der Waals surface area contributed by atoms with E-state index in [2.05, 4.69) is 163 Å². The molecule has 8 heteroatoms. The van der Waals surface area contributed by atoms with Crippen molar-refractivity contribution in [2.75, 3.05) is 0 Å². The van der Waals surface area contributed by atoms with Gasteiger partial charge in [0, 0.05) is 44.7 Å². The van der Waals surface area contributed by atoms with Crippen molar-refractivity contribution in [3.8, 4) is 27.9 Å². The molecule has 0 radical (unpaired) electrons. The minimum atomic E-state index is 0.719. The summed E-state index contributed by atoms with van der Waals surface area (Å²) in [5.74, 6) is 1.53. The zero-order valence-electron chi connectivity index (χ0n) is 30.0. The SMILES string of the molecule is c1ccc(-c2cccc(C3=NSNC(c4cccc(-c5ccccc5)c4)=N3)c2)cc1.c1ccc(-n2c3cccnc3c3cc4c(nc32)[nH]c2ccccc24)cc1. The molecule has 0 bridgehead atoms. The number of benzene rings is 6. The molecule has 1 aliphatic heterocycles. The summed E-state index contributed by atoms with van der Waals surface area (Å²) in [7, 11) is 0. The van der Waals surface area contributed by atoms with Crippen LogP contribution in [-0.4, -0.2) is 31.2 Å². The van der Waals surface area contributed by atoms with Gasteiger partial charge in [-0.15, -0.1) is 0 Å². The fourth-order valence-electron chi connectivity index (χ4n) is 7.29. The monoisotopic (exact) mass is 739 g/mol. The standard InChI is InChI=1S/C26H19N3S.C22H14N4/c1-3-9-19(10-4-1)21-13-7-15-23(17-21)25-27-26(29-30-28-25)24-16-8-14-22(18-24)20-11-5-2-6-12-20;1-2-7-14(8-3-1)26-19-11-6-12-23-20(19)17-13-16-15-9-4-5-10-18(15)24-21(16)25-22(17)26/h1-18H,(H,27,28,29);1-13H,(H,24,25). The van der Waals surface area contributed by atoms with Crippen molar-refractivity contribution in [2.45, 2.75) is 0 Å². The lowest BCUT2D eigenvalue weighted by atomic mass is 10.0. The first kappa shape index (κ1) is 33.3. The van der Waals surface area contributed by atoms with E-state index in [9.17, 15) is 0 Å². The maximum absolute atomic E-state index is 5.00. The van der Waals surface area contributed by atoms with Crippen molar-refractivity contribution in [1.82, 2.24) is 24.2 Å². The number of para-hydroxylation sites is 2. The van der Waals surface area contributed by atoms with Crippen LogP contribution in [0.2, 0.25) is 0 Å². The predicted octanol–water partition coefficient (Wildman–Crippen LogP) is 11.6. The van der Waals surface area contributed by atoms with Crippen LogP contribution in [0.4, 0.5) is 0 Å². The van der Waals surface area contributed by atoms with E-state index < -0.39 is 0 Å². The summed E-state index contributed by atoms with van der Waals surface area (Å²) in [6.45, 7) is 0. The maximum Gasteiger partial charge on any atom is 0.171 e. The third kappa shape index (κ3) is 6.28. The molecule has 0 fully saturated rings. The van der Waals surface area contributed by atoms with Crippen molar-refractivity contribution in [2.24, 2.45) is 9.39 Å². The molecule has 11 rings (SSSR count). The number of H-pyrrole nitrogens is 1. The molecule has 10 aromatic rings. The molecule has 56 heavy (non-hydrogen) atoms. The maximum atomic E-state index is 5.00. The Labute approximate surface area is 327 Å². The van der Waals surface area contributed by atoms with Crippen molar-refractivity contribution in [3.63, 3.8) is 0 Å². The van der Waals surface area contributed by atoms with E-state index in [1.54, 1.807) is 0 Å². The quantitative estimate of drug-likeness (QED) is 0.172.